The second-order valence-corrected chi connectivity index (χ2v) is 6.50. The summed E-state index contributed by atoms with van der Waals surface area (Å²) >= 11 is 0. The summed E-state index contributed by atoms with van der Waals surface area (Å²) in [7, 11) is 0. The SMILES string of the molecule is Cc1noc(C)c1COc1cccc(C(=O)Nn2cnc3ccccc3c2=O)c1. The minimum absolute atomic E-state index is 0.278. The third-order valence-electron chi connectivity index (χ3n) is 4.55. The number of hydrogen-bond acceptors (Lipinski definition) is 6. The van der Waals surface area contributed by atoms with E-state index in [9.17, 15) is 9.59 Å². The topological polar surface area (TPSA) is 99.2 Å². The third-order valence-corrected chi connectivity index (χ3v) is 4.55. The fourth-order valence-corrected chi connectivity index (χ4v) is 2.91. The van der Waals surface area contributed by atoms with Crippen LogP contribution < -0.4 is 15.7 Å². The number of benzene rings is 2. The fourth-order valence-electron chi connectivity index (χ4n) is 2.91. The molecular formula is C21H18N4O4. The Bertz CT molecular complexity index is 1240. The van der Waals surface area contributed by atoms with Crippen LogP contribution in [-0.4, -0.2) is 20.7 Å². The molecule has 0 bridgehead atoms. The molecule has 2 heterocycles. The van der Waals surface area contributed by atoms with Crippen LogP contribution in [0.2, 0.25) is 0 Å². The zero-order valence-corrected chi connectivity index (χ0v) is 15.9. The van der Waals surface area contributed by atoms with Gasteiger partial charge in [0.15, 0.2) is 0 Å². The summed E-state index contributed by atoms with van der Waals surface area (Å²) in [6.07, 6.45) is 1.29. The molecule has 4 rings (SSSR count). The number of nitrogens with one attached hydrogen (secondary N) is 1. The maximum Gasteiger partial charge on any atom is 0.280 e. The van der Waals surface area contributed by atoms with Crippen LogP contribution in [0.4, 0.5) is 0 Å². The normalized spacial score (nSPS) is 10.8. The van der Waals surface area contributed by atoms with Crippen molar-refractivity contribution in [3.63, 3.8) is 0 Å². The molecule has 0 aliphatic rings. The zero-order chi connectivity index (χ0) is 20.4. The van der Waals surface area contributed by atoms with Crippen LogP contribution in [0, 0.1) is 13.8 Å². The minimum Gasteiger partial charge on any atom is -0.489 e. The average molecular weight is 390 g/mol. The molecule has 1 N–H and O–H groups in total. The molecule has 8 nitrogen and oxygen atoms in total. The van der Waals surface area contributed by atoms with E-state index in [4.69, 9.17) is 9.26 Å². The van der Waals surface area contributed by atoms with Crippen LogP contribution >= 0.6 is 0 Å². The Hall–Kier alpha value is -3.94. The monoisotopic (exact) mass is 390 g/mol. The molecule has 146 valence electrons. The molecule has 8 heteroatoms. The molecule has 0 aliphatic carbocycles. The van der Waals surface area contributed by atoms with E-state index in [1.54, 1.807) is 48.5 Å². The number of aromatic nitrogens is 3. The molecule has 1 amide bonds. The molecule has 29 heavy (non-hydrogen) atoms. The van der Waals surface area contributed by atoms with E-state index in [0.29, 0.717) is 28.0 Å². The van der Waals surface area contributed by atoms with Gasteiger partial charge < -0.3 is 9.26 Å². The molecule has 0 atom stereocenters. The number of nitrogens with zero attached hydrogens (tertiary/aromatic N) is 3. The first-order chi connectivity index (χ1) is 14.0. The number of rotatable bonds is 5. The lowest BCUT2D eigenvalue weighted by Gasteiger charge is -2.10. The Balaban J connectivity index is 1.52. The van der Waals surface area contributed by atoms with E-state index in [2.05, 4.69) is 15.6 Å². The largest absolute Gasteiger partial charge is 0.489 e. The standard InChI is InChI=1S/C21H18N4O4/c1-13-18(14(2)29-24-13)11-28-16-7-5-6-15(10-16)20(26)23-25-12-22-19-9-4-3-8-17(19)21(25)27/h3-10,12H,11H2,1-2H3,(H,23,26). The summed E-state index contributed by atoms with van der Waals surface area (Å²) in [4.78, 5) is 29.3. The number of carbonyl (C=O) groups excluding carboxylic acids is 1. The Labute approximate surface area is 165 Å². The smallest absolute Gasteiger partial charge is 0.280 e. The summed E-state index contributed by atoms with van der Waals surface area (Å²) in [6.45, 7) is 3.94. The molecule has 0 fully saturated rings. The Morgan fingerprint density at radius 2 is 2.00 bits per heavy atom. The fraction of sp³-hybridized carbons (Fsp3) is 0.143. The number of para-hydroxylation sites is 1. The van der Waals surface area contributed by atoms with Crippen molar-refractivity contribution in [2.24, 2.45) is 0 Å². The van der Waals surface area contributed by atoms with Crippen LogP contribution in [0.1, 0.15) is 27.4 Å². The van der Waals surface area contributed by atoms with Gasteiger partial charge in [0, 0.05) is 5.56 Å². The van der Waals surface area contributed by atoms with Crippen LogP contribution in [0.5, 0.6) is 5.75 Å². The van der Waals surface area contributed by atoms with Crippen LogP contribution in [0.25, 0.3) is 10.9 Å². The molecule has 0 spiro atoms. The quantitative estimate of drug-likeness (QED) is 0.562. The second kappa shape index (κ2) is 7.59. The first kappa shape index (κ1) is 18.4. The number of amides is 1. The van der Waals surface area contributed by atoms with E-state index >= 15 is 0 Å². The number of hydrogen-bond donors (Lipinski definition) is 1. The van der Waals surface area contributed by atoms with Gasteiger partial charge in [0.1, 0.15) is 24.4 Å². The first-order valence-electron chi connectivity index (χ1n) is 8.95. The van der Waals surface area contributed by atoms with Gasteiger partial charge in [-0.05, 0) is 44.2 Å². The summed E-state index contributed by atoms with van der Waals surface area (Å²) in [5.41, 5.74) is 4.75. The summed E-state index contributed by atoms with van der Waals surface area (Å²) in [6, 6.07) is 13.6. The Kier molecular flexibility index (Phi) is 4.82. The van der Waals surface area contributed by atoms with Gasteiger partial charge in [-0.25, -0.2) is 9.66 Å². The number of carbonyl (C=O) groups is 1. The van der Waals surface area contributed by atoms with Crippen molar-refractivity contribution in [2.45, 2.75) is 20.5 Å². The van der Waals surface area contributed by atoms with Gasteiger partial charge in [-0.1, -0.05) is 23.4 Å². The summed E-state index contributed by atoms with van der Waals surface area (Å²) < 4.78 is 12.0. The van der Waals surface area contributed by atoms with Gasteiger partial charge in [-0.15, -0.1) is 0 Å². The predicted molar refractivity (Wildman–Crippen MR) is 106 cm³/mol. The van der Waals surface area contributed by atoms with Gasteiger partial charge in [0.2, 0.25) is 0 Å². The Morgan fingerprint density at radius 1 is 1.17 bits per heavy atom. The van der Waals surface area contributed by atoms with Crippen molar-refractivity contribution in [3.05, 3.63) is 87.8 Å². The lowest BCUT2D eigenvalue weighted by molar-refractivity contribution is 0.101. The third kappa shape index (κ3) is 3.73. The van der Waals surface area contributed by atoms with Gasteiger partial charge in [-0.2, -0.15) is 0 Å². The Morgan fingerprint density at radius 3 is 2.79 bits per heavy atom. The number of aryl methyl sites for hydroxylation is 2. The molecule has 4 aromatic rings. The van der Waals surface area contributed by atoms with Crippen LogP contribution in [-0.2, 0) is 6.61 Å². The number of ether oxygens (including phenoxy) is 1. The van der Waals surface area contributed by atoms with E-state index in [0.717, 1.165) is 15.9 Å². The maximum atomic E-state index is 12.6. The lowest BCUT2D eigenvalue weighted by Crippen LogP contribution is -2.33. The van der Waals surface area contributed by atoms with Crippen molar-refractivity contribution < 1.29 is 14.1 Å². The molecule has 0 unspecified atom stereocenters. The van der Waals surface area contributed by atoms with Crippen molar-refractivity contribution in [1.29, 1.82) is 0 Å². The second-order valence-electron chi connectivity index (χ2n) is 6.50. The highest BCUT2D eigenvalue weighted by atomic mass is 16.5. The van der Waals surface area contributed by atoms with Gasteiger partial charge >= 0.3 is 0 Å². The van der Waals surface area contributed by atoms with E-state index in [-0.39, 0.29) is 12.2 Å². The van der Waals surface area contributed by atoms with Crippen LogP contribution in [0.3, 0.4) is 0 Å². The highest BCUT2D eigenvalue weighted by Gasteiger charge is 2.12. The molecule has 0 saturated heterocycles. The van der Waals surface area contributed by atoms with E-state index in [1.165, 1.54) is 6.33 Å². The predicted octanol–water partition coefficient (Wildman–Crippen LogP) is 2.96. The highest BCUT2D eigenvalue weighted by Crippen LogP contribution is 2.18. The molecule has 0 radical (unpaired) electrons. The number of fused-ring (bicyclic) bond motifs is 1. The molecule has 2 aromatic heterocycles. The van der Waals surface area contributed by atoms with Gasteiger partial charge in [0.25, 0.3) is 11.5 Å². The first-order valence-corrected chi connectivity index (χ1v) is 8.95. The van der Waals surface area contributed by atoms with Crippen LogP contribution in [0.15, 0.2) is 64.2 Å². The van der Waals surface area contributed by atoms with E-state index in [1.807, 2.05) is 13.8 Å². The van der Waals surface area contributed by atoms with Gasteiger partial charge in [-0.3, -0.25) is 15.0 Å². The molecule has 2 aromatic carbocycles. The van der Waals surface area contributed by atoms with E-state index < -0.39 is 5.91 Å². The molecule has 0 saturated carbocycles. The molecular weight excluding hydrogens is 372 g/mol. The molecule has 0 aliphatic heterocycles. The minimum atomic E-state index is -0.452. The van der Waals surface area contributed by atoms with Crippen molar-refractivity contribution >= 4 is 16.8 Å². The van der Waals surface area contributed by atoms with Crippen molar-refractivity contribution in [3.8, 4) is 5.75 Å². The average Bonchev–Trinajstić information content (AvgIpc) is 3.06. The zero-order valence-electron chi connectivity index (χ0n) is 15.9. The summed E-state index contributed by atoms with van der Waals surface area (Å²) in [5, 5.41) is 4.32. The van der Waals surface area contributed by atoms with Gasteiger partial charge in [0.05, 0.1) is 22.2 Å². The lowest BCUT2D eigenvalue weighted by atomic mass is 10.2. The maximum absolute atomic E-state index is 12.6. The van der Waals surface area contributed by atoms with Crippen molar-refractivity contribution in [2.75, 3.05) is 5.43 Å². The summed E-state index contributed by atoms with van der Waals surface area (Å²) in [5.74, 6) is 0.758. The highest BCUT2D eigenvalue weighted by molar-refractivity contribution is 6.00. The van der Waals surface area contributed by atoms with Crippen molar-refractivity contribution in [1.82, 2.24) is 14.8 Å².